The Morgan fingerprint density at radius 2 is 2.31 bits per heavy atom. The molecule has 0 fully saturated rings. The third kappa shape index (κ3) is 3.83. The van der Waals surface area contributed by atoms with E-state index in [0.29, 0.717) is 12.3 Å². The van der Waals surface area contributed by atoms with Gasteiger partial charge in [-0.3, -0.25) is 0 Å². The van der Waals surface area contributed by atoms with E-state index in [1.807, 2.05) is 13.0 Å². The number of hydrogen-bond acceptors (Lipinski definition) is 2. The fourth-order valence-corrected chi connectivity index (χ4v) is 1.35. The SMILES string of the molecule is CCNCc1cccc(F)c1OC/C=C/Cl. The van der Waals surface area contributed by atoms with E-state index in [1.54, 1.807) is 12.1 Å². The van der Waals surface area contributed by atoms with Crippen molar-refractivity contribution in [3.63, 3.8) is 0 Å². The van der Waals surface area contributed by atoms with Gasteiger partial charge in [-0.1, -0.05) is 30.7 Å². The molecule has 0 aliphatic rings. The number of hydrogen-bond donors (Lipinski definition) is 1. The van der Waals surface area contributed by atoms with Gasteiger partial charge in [-0.2, -0.15) is 0 Å². The molecule has 0 aliphatic heterocycles. The number of benzene rings is 1. The van der Waals surface area contributed by atoms with Crippen LogP contribution in [0.5, 0.6) is 5.75 Å². The minimum absolute atomic E-state index is 0.267. The molecule has 0 unspecified atom stereocenters. The van der Waals surface area contributed by atoms with Gasteiger partial charge in [0, 0.05) is 17.6 Å². The zero-order valence-electron chi connectivity index (χ0n) is 9.17. The van der Waals surface area contributed by atoms with Gasteiger partial charge in [0.05, 0.1) is 0 Å². The van der Waals surface area contributed by atoms with Gasteiger partial charge in [-0.25, -0.2) is 4.39 Å². The molecular formula is C12H15ClFNO. The summed E-state index contributed by atoms with van der Waals surface area (Å²) in [6, 6.07) is 4.90. The largest absolute Gasteiger partial charge is 0.486 e. The van der Waals surface area contributed by atoms with Crippen LogP contribution in [-0.4, -0.2) is 13.2 Å². The van der Waals surface area contributed by atoms with Gasteiger partial charge in [-0.05, 0) is 18.7 Å². The number of halogens is 2. The smallest absolute Gasteiger partial charge is 0.165 e. The second-order valence-corrected chi connectivity index (χ2v) is 3.43. The van der Waals surface area contributed by atoms with Crippen molar-refractivity contribution in [2.45, 2.75) is 13.5 Å². The van der Waals surface area contributed by atoms with Crippen molar-refractivity contribution in [3.05, 3.63) is 41.2 Å². The zero-order valence-corrected chi connectivity index (χ0v) is 9.93. The van der Waals surface area contributed by atoms with Crippen LogP contribution in [0, 0.1) is 5.82 Å². The summed E-state index contributed by atoms with van der Waals surface area (Å²) < 4.78 is 18.8. The van der Waals surface area contributed by atoms with Crippen LogP contribution in [0.1, 0.15) is 12.5 Å². The first-order valence-electron chi connectivity index (χ1n) is 5.15. The van der Waals surface area contributed by atoms with Gasteiger partial charge < -0.3 is 10.1 Å². The second-order valence-electron chi connectivity index (χ2n) is 3.18. The molecule has 0 aliphatic carbocycles. The molecule has 0 bridgehead atoms. The Kier molecular flexibility index (Phi) is 5.90. The topological polar surface area (TPSA) is 21.3 Å². The molecule has 0 amide bonds. The number of nitrogens with one attached hydrogen (secondary N) is 1. The Hall–Kier alpha value is -1.06. The summed E-state index contributed by atoms with van der Waals surface area (Å²) in [5.74, 6) is -0.0587. The zero-order chi connectivity index (χ0) is 11.8. The molecule has 1 aromatic carbocycles. The van der Waals surface area contributed by atoms with E-state index in [1.165, 1.54) is 11.6 Å². The fourth-order valence-electron chi connectivity index (χ4n) is 1.28. The molecule has 0 aromatic heterocycles. The summed E-state index contributed by atoms with van der Waals surface area (Å²) in [6.07, 6.45) is 1.62. The Labute approximate surface area is 100 Å². The van der Waals surface area contributed by atoms with Gasteiger partial charge in [0.1, 0.15) is 6.61 Å². The Morgan fingerprint density at radius 1 is 1.50 bits per heavy atom. The standard InChI is InChI=1S/C12H15ClFNO/c1-2-15-9-10-5-3-6-11(14)12(10)16-8-4-7-13/h3-7,15H,2,8-9H2,1H3/b7-4+. The molecule has 1 aromatic rings. The molecule has 0 spiro atoms. The van der Waals surface area contributed by atoms with Crippen molar-refractivity contribution >= 4 is 11.6 Å². The fraction of sp³-hybridized carbons (Fsp3) is 0.333. The van der Waals surface area contributed by atoms with E-state index in [4.69, 9.17) is 16.3 Å². The van der Waals surface area contributed by atoms with Gasteiger partial charge in [0.2, 0.25) is 0 Å². The van der Waals surface area contributed by atoms with E-state index in [9.17, 15) is 4.39 Å². The van der Waals surface area contributed by atoms with Crippen LogP contribution < -0.4 is 10.1 Å². The average molecular weight is 244 g/mol. The molecule has 2 nitrogen and oxygen atoms in total. The van der Waals surface area contributed by atoms with E-state index < -0.39 is 0 Å². The lowest BCUT2D eigenvalue weighted by Crippen LogP contribution is -2.13. The third-order valence-corrected chi connectivity index (χ3v) is 2.21. The first-order chi connectivity index (χ1) is 7.79. The van der Waals surface area contributed by atoms with Crippen LogP contribution in [0.4, 0.5) is 4.39 Å². The molecule has 4 heteroatoms. The van der Waals surface area contributed by atoms with Crippen LogP contribution >= 0.6 is 11.6 Å². The molecule has 0 saturated carbocycles. The highest BCUT2D eigenvalue weighted by Crippen LogP contribution is 2.22. The van der Waals surface area contributed by atoms with Crippen molar-refractivity contribution in [3.8, 4) is 5.75 Å². The highest BCUT2D eigenvalue weighted by Gasteiger charge is 2.08. The normalized spacial score (nSPS) is 10.9. The van der Waals surface area contributed by atoms with Crippen molar-refractivity contribution in [1.29, 1.82) is 0 Å². The number of para-hydroxylation sites is 1. The minimum atomic E-state index is -0.349. The highest BCUT2D eigenvalue weighted by atomic mass is 35.5. The lowest BCUT2D eigenvalue weighted by molar-refractivity contribution is 0.336. The van der Waals surface area contributed by atoms with E-state index in [0.717, 1.165) is 12.1 Å². The van der Waals surface area contributed by atoms with Gasteiger partial charge in [0.25, 0.3) is 0 Å². The van der Waals surface area contributed by atoms with Crippen LogP contribution in [-0.2, 0) is 6.54 Å². The molecule has 88 valence electrons. The van der Waals surface area contributed by atoms with Crippen molar-refractivity contribution in [2.24, 2.45) is 0 Å². The van der Waals surface area contributed by atoms with Gasteiger partial charge >= 0.3 is 0 Å². The summed E-state index contributed by atoms with van der Waals surface area (Å²) >= 11 is 5.36. The lowest BCUT2D eigenvalue weighted by atomic mass is 10.2. The van der Waals surface area contributed by atoms with Crippen LogP contribution in [0.15, 0.2) is 29.8 Å². The Balaban J connectivity index is 2.76. The quantitative estimate of drug-likeness (QED) is 0.829. The van der Waals surface area contributed by atoms with E-state index >= 15 is 0 Å². The summed E-state index contributed by atoms with van der Waals surface area (Å²) in [7, 11) is 0. The maximum Gasteiger partial charge on any atom is 0.165 e. The summed E-state index contributed by atoms with van der Waals surface area (Å²) in [5, 5.41) is 3.13. The molecule has 1 N–H and O–H groups in total. The average Bonchev–Trinajstić information content (AvgIpc) is 2.29. The third-order valence-electron chi connectivity index (χ3n) is 2.03. The molecule has 0 atom stereocenters. The molecule has 1 rings (SSSR count). The molecular weight excluding hydrogens is 229 g/mol. The number of rotatable bonds is 6. The molecule has 0 saturated heterocycles. The summed E-state index contributed by atoms with van der Waals surface area (Å²) in [4.78, 5) is 0. The number of ether oxygens (including phenoxy) is 1. The highest BCUT2D eigenvalue weighted by molar-refractivity contribution is 6.25. The predicted molar refractivity (Wildman–Crippen MR) is 64.3 cm³/mol. The maximum atomic E-state index is 13.5. The summed E-state index contributed by atoms with van der Waals surface area (Å²) in [6.45, 7) is 3.69. The van der Waals surface area contributed by atoms with Crippen molar-refractivity contribution in [1.82, 2.24) is 5.32 Å². The second kappa shape index (κ2) is 7.25. The first-order valence-corrected chi connectivity index (χ1v) is 5.59. The van der Waals surface area contributed by atoms with Gasteiger partial charge in [0.15, 0.2) is 11.6 Å². The molecule has 0 radical (unpaired) electrons. The predicted octanol–water partition coefficient (Wildman–Crippen LogP) is 3.07. The van der Waals surface area contributed by atoms with Gasteiger partial charge in [-0.15, -0.1) is 0 Å². The van der Waals surface area contributed by atoms with Crippen LogP contribution in [0.25, 0.3) is 0 Å². The van der Waals surface area contributed by atoms with E-state index in [2.05, 4.69) is 5.32 Å². The summed E-state index contributed by atoms with van der Waals surface area (Å²) in [5.41, 5.74) is 2.16. The monoisotopic (exact) mass is 243 g/mol. The molecule has 0 heterocycles. The minimum Gasteiger partial charge on any atom is -0.486 e. The maximum absolute atomic E-state index is 13.5. The van der Waals surface area contributed by atoms with Crippen LogP contribution in [0.3, 0.4) is 0 Å². The Bertz CT molecular complexity index is 355. The Morgan fingerprint density at radius 3 is 3.00 bits per heavy atom. The lowest BCUT2D eigenvalue weighted by Gasteiger charge is -2.11. The van der Waals surface area contributed by atoms with Crippen LogP contribution in [0.2, 0.25) is 0 Å². The van der Waals surface area contributed by atoms with E-state index in [-0.39, 0.29) is 12.4 Å². The van der Waals surface area contributed by atoms with Crippen molar-refractivity contribution in [2.75, 3.05) is 13.2 Å². The van der Waals surface area contributed by atoms with Crippen molar-refractivity contribution < 1.29 is 9.13 Å². The molecule has 16 heavy (non-hydrogen) atoms. The first kappa shape index (κ1) is 13.0.